The molecule has 2 saturated carbocycles. The molecule has 0 bridgehead atoms. The average Bonchev–Trinajstić information content (AvgIpc) is 2.94. The number of hydrogen-bond acceptors (Lipinski definition) is 6. The number of fused-ring (bicyclic) bond motifs is 2. The first-order valence-electron chi connectivity index (χ1n) is 9.07. The van der Waals surface area contributed by atoms with E-state index < -0.39 is 41.6 Å². The number of carbonyl (C=O) groups excluding carboxylic acids is 3. The van der Waals surface area contributed by atoms with Crippen LogP contribution in [-0.4, -0.2) is 41.1 Å². The molecule has 1 heterocycles. The number of allylic oxidation sites excluding steroid dienone is 1. The van der Waals surface area contributed by atoms with Crippen LogP contribution in [0.1, 0.15) is 40.5 Å². The number of aliphatic hydroxyl groups is 1. The van der Waals surface area contributed by atoms with Crippen molar-refractivity contribution in [3.05, 3.63) is 23.8 Å². The van der Waals surface area contributed by atoms with E-state index in [4.69, 9.17) is 9.47 Å². The highest BCUT2D eigenvalue weighted by Crippen LogP contribution is 2.56. The first-order valence-corrected chi connectivity index (χ1v) is 9.07. The summed E-state index contributed by atoms with van der Waals surface area (Å²) in [5.41, 5.74) is -0.436. The molecular weight excluding hydrogens is 336 g/mol. The largest absolute Gasteiger partial charge is 0.458 e. The molecule has 0 aromatic rings. The van der Waals surface area contributed by atoms with Crippen LogP contribution in [0.15, 0.2) is 23.8 Å². The molecule has 0 amide bonds. The Hall–Kier alpha value is -1.95. The summed E-state index contributed by atoms with van der Waals surface area (Å²) >= 11 is 0. The number of ether oxygens (including phenoxy) is 2. The van der Waals surface area contributed by atoms with Gasteiger partial charge in [0.1, 0.15) is 18.0 Å². The number of aliphatic hydroxyl groups excluding tert-OH is 1. The van der Waals surface area contributed by atoms with Gasteiger partial charge in [0.05, 0.1) is 17.4 Å². The first-order chi connectivity index (χ1) is 12.1. The summed E-state index contributed by atoms with van der Waals surface area (Å²) < 4.78 is 11.3. The van der Waals surface area contributed by atoms with Crippen LogP contribution in [0.5, 0.6) is 0 Å². The van der Waals surface area contributed by atoms with Crippen LogP contribution in [0.2, 0.25) is 0 Å². The summed E-state index contributed by atoms with van der Waals surface area (Å²) in [6, 6.07) is 0. The maximum atomic E-state index is 12.9. The Labute approximate surface area is 153 Å². The Morgan fingerprint density at radius 1 is 1.42 bits per heavy atom. The van der Waals surface area contributed by atoms with Crippen LogP contribution in [0.3, 0.4) is 0 Å². The van der Waals surface area contributed by atoms with E-state index in [9.17, 15) is 19.5 Å². The van der Waals surface area contributed by atoms with Gasteiger partial charge >= 0.3 is 11.9 Å². The molecular formula is C20H26O6. The van der Waals surface area contributed by atoms with E-state index in [-0.39, 0.29) is 29.6 Å². The van der Waals surface area contributed by atoms with Gasteiger partial charge in [-0.3, -0.25) is 4.79 Å². The second-order valence-electron chi connectivity index (χ2n) is 8.01. The molecule has 142 valence electrons. The van der Waals surface area contributed by atoms with E-state index in [0.717, 1.165) is 0 Å². The fourth-order valence-corrected chi connectivity index (χ4v) is 5.07. The van der Waals surface area contributed by atoms with Gasteiger partial charge in [-0.2, -0.15) is 0 Å². The Morgan fingerprint density at radius 3 is 2.69 bits per heavy atom. The minimum atomic E-state index is -1.08. The van der Waals surface area contributed by atoms with Crippen molar-refractivity contribution < 1.29 is 29.0 Å². The summed E-state index contributed by atoms with van der Waals surface area (Å²) in [7, 11) is 0. The maximum Gasteiger partial charge on any atom is 0.334 e. The van der Waals surface area contributed by atoms with Gasteiger partial charge in [0.2, 0.25) is 0 Å². The van der Waals surface area contributed by atoms with Gasteiger partial charge in [-0.25, -0.2) is 9.59 Å². The van der Waals surface area contributed by atoms with Crippen LogP contribution in [-0.2, 0) is 23.9 Å². The van der Waals surface area contributed by atoms with Gasteiger partial charge in [0.25, 0.3) is 0 Å². The second kappa shape index (κ2) is 6.34. The van der Waals surface area contributed by atoms with E-state index in [1.54, 1.807) is 26.8 Å². The predicted molar refractivity (Wildman–Crippen MR) is 92.8 cm³/mol. The van der Waals surface area contributed by atoms with Gasteiger partial charge in [0.15, 0.2) is 0 Å². The highest BCUT2D eigenvalue weighted by atomic mass is 16.6. The molecule has 6 heteroatoms. The van der Waals surface area contributed by atoms with Gasteiger partial charge < -0.3 is 14.6 Å². The lowest BCUT2D eigenvalue weighted by atomic mass is 9.67. The zero-order chi connectivity index (χ0) is 19.4. The smallest absolute Gasteiger partial charge is 0.334 e. The van der Waals surface area contributed by atoms with E-state index >= 15 is 0 Å². The number of esters is 2. The molecule has 0 unspecified atom stereocenters. The molecule has 3 rings (SSSR count). The molecule has 1 aliphatic heterocycles. The molecule has 0 radical (unpaired) electrons. The Balaban J connectivity index is 2.12. The molecule has 0 aromatic heterocycles. The van der Waals surface area contributed by atoms with Crippen molar-refractivity contribution in [2.24, 2.45) is 23.2 Å². The lowest BCUT2D eigenvalue weighted by molar-refractivity contribution is -0.162. The molecule has 26 heavy (non-hydrogen) atoms. The predicted octanol–water partition coefficient (Wildman–Crippen LogP) is 1.96. The number of carbonyl (C=O) groups is 3. The Kier molecular flexibility index (Phi) is 4.59. The summed E-state index contributed by atoms with van der Waals surface area (Å²) in [6.45, 7) is 10.9. The van der Waals surface area contributed by atoms with Crippen molar-refractivity contribution in [2.75, 3.05) is 0 Å². The van der Waals surface area contributed by atoms with Crippen molar-refractivity contribution in [1.82, 2.24) is 0 Å². The normalized spacial score (nSPS) is 42.8. The van der Waals surface area contributed by atoms with E-state index in [2.05, 4.69) is 6.58 Å². The summed E-state index contributed by atoms with van der Waals surface area (Å²) in [4.78, 5) is 37.6. The quantitative estimate of drug-likeness (QED) is 0.597. The van der Waals surface area contributed by atoms with E-state index in [1.807, 2.05) is 6.92 Å². The number of hydrogen-bond donors (Lipinski definition) is 1. The van der Waals surface area contributed by atoms with Crippen molar-refractivity contribution in [2.45, 2.75) is 58.8 Å². The SMILES string of the molecule is C=C1C(=O)O[C@@H]2C[C@@H](C)[C@@H]3[C@@H](O)CC(=O)[C@@]3(C)[C@@H](OC(=O)/C(C)=C/C)[C@H]12. The fraction of sp³-hybridized carbons (Fsp3) is 0.650. The zero-order valence-electron chi connectivity index (χ0n) is 15.7. The topological polar surface area (TPSA) is 89.9 Å². The number of Topliss-reactive ketones (excluding diaryl/α,β-unsaturated/α-hetero) is 1. The van der Waals surface area contributed by atoms with Gasteiger partial charge in [-0.05, 0) is 33.1 Å². The van der Waals surface area contributed by atoms with Crippen LogP contribution in [0, 0.1) is 23.2 Å². The minimum absolute atomic E-state index is 0.0286. The van der Waals surface area contributed by atoms with Crippen LogP contribution in [0.4, 0.5) is 0 Å². The summed E-state index contributed by atoms with van der Waals surface area (Å²) in [6.07, 6.45) is -0.0358. The summed E-state index contributed by atoms with van der Waals surface area (Å²) in [5.74, 6) is -2.21. The first kappa shape index (κ1) is 18.8. The molecule has 6 nitrogen and oxygen atoms in total. The molecule has 2 aliphatic carbocycles. The lowest BCUT2D eigenvalue weighted by Crippen LogP contribution is -2.50. The summed E-state index contributed by atoms with van der Waals surface area (Å²) in [5, 5.41) is 10.5. The van der Waals surface area contributed by atoms with Crippen molar-refractivity contribution in [3.63, 3.8) is 0 Å². The van der Waals surface area contributed by atoms with Gasteiger partial charge in [0, 0.05) is 23.5 Å². The van der Waals surface area contributed by atoms with Crippen molar-refractivity contribution in [1.29, 1.82) is 0 Å². The zero-order valence-corrected chi connectivity index (χ0v) is 15.7. The second-order valence-corrected chi connectivity index (χ2v) is 8.01. The lowest BCUT2D eigenvalue weighted by Gasteiger charge is -2.40. The Bertz CT molecular complexity index is 707. The van der Waals surface area contributed by atoms with E-state index in [0.29, 0.717) is 12.0 Å². The van der Waals surface area contributed by atoms with Gasteiger partial charge in [-0.15, -0.1) is 0 Å². The van der Waals surface area contributed by atoms with Gasteiger partial charge in [-0.1, -0.05) is 19.6 Å². The number of rotatable bonds is 2. The third-order valence-electron chi connectivity index (χ3n) is 6.55. The molecule has 0 aromatic carbocycles. The molecule has 7 atom stereocenters. The number of ketones is 1. The maximum absolute atomic E-state index is 12.9. The molecule has 1 saturated heterocycles. The van der Waals surface area contributed by atoms with Crippen LogP contribution >= 0.6 is 0 Å². The highest BCUT2D eigenvalue weighted by molar-refractivity contribution is 5.94. The third kappa shape index (κ3) is 2.54. The minimum Gasteiger partial charge on any atom is -0.458 e. The van der Waals surface area contributed by atoms with E-state index in [1.165, 1.54) is 0 Å². The fourth-order valence-electron chi connectivity index (χ4n) is 5.07. The van der Waals surface area contributed by atoms with Crippen molar-refractivity contribution >= 4 is 17.7 Å². The average molecular weight is 362 g/mol. The Morgan fingerprint density at radius 2 is 2.08 bits per heavy atom. The standard InChI is InChI=1S/C20H26O6/c1-6-9(2)18(23)26-17-15-11(4)19(24)25-13(15)7-10(3)16-12(21)8-14(22)20(16,17)5/h6,10,12-13,15-17,21H,4,7-8H2,1-3,5H3/b9-6+/t10-,12+,13-,15-,16-,17+,20-/m1/s1. The third-order valence-corrected chi connectivity index (χ3v) is 6.55. The van der Waals surface area contributed by atoms with Crippen LogP contribution in [0.25, 0.3) is 0 Å². The highest BCUT2D eigenvalue weighted by Gasteiger charge is 2.65. The monoisotopic (exact) mass is 362 g/mol. The van der Waals surface area contributed by atoms with Crippen molar-refractivity contribution in [3.8, 4) is 0 Å². The molecule has 0 spiro atoms. The molecule has 3 aliphatic rings. The molecule has 3 fully saturated rings. The van der Waals surface area contributed by atoms with Crippen LogP contribution < -0.4 is 0 Å². The molecule has 1 N–H and O–H groups in total.